The maximum Gasteiger partial charge on any atom is 0.145 e. The zero-order chi connectivity index (χ0) is 15.4. The molecule has 0 aliphatic rings. The van der Waals surface area contributed by atoms with Crippen LogP contribution in [0.4, 0.5) is 5.69 Å². The summed E-state index contributed by atoms with van der Waals surface area (Å²) in [6, 6.07) is 11.3. The van der Waals surface area contributed by atoms with Crippen molar-refractivity contribution in [2.75, 3.05) is 19.5 Å². The molecule has 112 valence electrons. The molecule has 0 heterocycles. The number of halogens is 2. The Morgan fingerprint density at radius 1 is 0.952 bits per heavy atom. The van der Waals surface area contributed by atoms with E-state index in [0.29, 0.717) is 10.0 Å². The molecule has 1 N–H and O–H groups in total. The number of hydrogen-bond donors (Lipinski definition) is 1. The number of nitrogens with one attached hydrogen (secondary N) is 1. The third-order valence-corrected chi connectivity index (χ3v) is 3.96. The van der Waals surface area contributed by atoms with E-state index in [1.807, 2.05) is 37.3 Å². The van der Waals surface area contributed by atoms with Gasteiger partial charge >= 0.3 is 0 Å². The Morgan fingerprint density at radius 2 is 1.71 bits per heavy atom. The van der Waals surface area contributed by atoms with Crippen LogP contribution in [0.15, 0.2) is 36.4 Å². The third kappa shape index (κ3) is 3.74. The van der Waals surface area contributed by atoms with Crippen molar-refractivity contribution >= 4 is 28.9 Å². The predicted molar refractivity (Wildman–Crippen MR) is 88.0 cm³/mol. The lowest BCUT2D eigenvalue weighted by molar-refractivity contribution is 0.395. The lowest BCUT2D eigenvalue weighted by atomic mass is 10.1. The van der Waals surface area contributed by atoms with E-state index in [2.05, 4.69) is 5.32 Å². The zero-order valence-electron chi connectivity index (χ0n) is 12.1. The summed E-state index contributed by atoms with van der Waals surface area (Å²) < 4.78 is 10.6. The number of benzene rings is 2. The van der Waals surface area contributed by atoms with Crippen molar-refractivity contribution < 1.29 is 9.47 Å². The van der Waals surface area contributed by atoms with Gasteiger partial charge in [-0.1, -0.05) is 29.3 Å². The molecule has 0 amide bonds. The molecule has 1 atom stereocenters. The summed E-state index contributed by atoms with van der Waals surface area (Å²) >= 11 is 12.0. The molecule has 0 aliphatic heterocycles. The van der Waals surface area contributed by atoms with Gasteiger partial charge < -0.3 is 14.8 Å². The van der Waals surface area contributed by atoms with Crippen LogP contribution in [-0.4, -0.2) is 14.2 Å². The zero-order valence-corrected chi connectivity index (χ0v) is 13.6. The molecule has 3 nitrogen and oxygen atoms in total. The first-order chi connectivity index (χ1) is 10.0. The fraction of sp³-hybridized carbons (Fsp3) is 0.250. The van der Waals surface area contributed by atoms with E-state index in [1.165, 1.54) is 0 Å². The topological polar surface area (TPSA) is 30.5 Å². The van der Waals surface area contributed by atoms with Crippen molar-refractivity contribution in [3.63, 3.8) is 0 Å². The SMILES string of the molecule is COc1ccc(NC(C)c2ccc(Cl)c(Cl)c2)c(OC)c1. The van der Waals surface area contributed by atoms with Crippen molar-refractivity contribution in [3.8, 4) is 11.5 Å². The van der Waals surface area contributed by atoms with Crippen LogP contribution in [0.3, 0.4) is 0 Å². The summed E-state index contributed by atoms with van der Waals surface area (Å²) in [6.45, 7) is 2.04. The highest BCUT2D eigenvalue weighted by molar-refractivity contribution is 6.42. The van der Waals surface area contributed by atoms with Gasteiger partial charge in [0.15, 0.2) is 0 Å². The van der Waals surface area contributed by atoms with E-state index >= 15 is 0 Å². The van der Waals surface area contributed by atoms with Gasteiger partial charge in [0.05, 0.1) is 30.0 Å². The van der Waals surface area contributed by atoms with Gasteiger partial charge in [-0.25, -0.2) is 0 Å². The smallest absolute Gasteiger partial charge is 0.145 e. The van der Waals surface area contributed by atoms with Gasteiger partial charge in [-0.2, -0.15) is 0 Å². The van der Waals surface area contributed by atoms with Gasteiger partial charge in [-0.05, 0) is 36.8 Å². The molecule has 21 heavy (non-hydrogen) atoms. The minimum Gasteiger partial charge on any atom is -0.497 e. The first kappa shape index (κ1) is 15.8. The summed E-state index contributed by atoms with van der Waals surface area (Å²) in [4.78, 5) is 0. The van der Waals surface area contributed by atoms with Crippen LogP contribution in [-0.2, 0) is 0 Å². The van der Waals surface area contributed by atoms with E-state index < -0.39 is 0 Å². The largest absolute Gasteiger partial charge is 0.497 e. The summed E-state index contributed by atoms with van der Waals surface area (Å²) in [6.07, 6.45) is 0. The van der Waals surface area contributed by atoms with E-state index in [0.717, 1.165) is 22.7 Å². The molecular formula is C16H17Cl2NO2. The molecular weight excluding hydrogens is 309 g/mol. The molecule has 0 saturated heterocycles. The van der Waals surface area contributed by atoms with Crippen molar-refractivity contribution in [3.05, 3.63) is 52.0 Å². The second kappa shape index (κ2) is 6.92. The molecule has 0 fully saturated rings. The van der Waals surface area contributed by atoms with Crippen LogP contribution in [0, 0.1) is 0 Å². The number of anilines is 1. The van der Waals surface area contributed by atoms with Crippen LogP contribution in [0.2, 0.25) is 10.0 Å². The normalized spacial score (nSPS) is 11.9. The van der Waals surface area contributed by atoms with Crippen LogP contribution in [0.25, 0.3) is 0 Å². The highest BCUT2D eigenvalue weighted by Crippen LogP contribution is 2.33. The molecule has 0 saturated carbocycles. The fourth-order valence-electron chi connectivity index (χ4n) is 2.02. The first-order valence-corrected chi connectivity index (χ1v) is 7.24. The van der Waals surface area contributed by atoms with E-state index in [9.17, 15) is 0 Å². The lowest BCUT2D eigenvalue weighted by Gasteiger charge is -2.19. The van der Waals surface area contributed by atoms with Crippen molar-refractivity contribution in [1.82, 2.24) is 0 Å². The fourth-order valence-corrected chi connectivity index (χ4v) is 2.32. The Kier molecular flexibility index (Phi) is 5.21. The van der Waals surface area contributed by atoms with Crippen molar-refractivity contribution in [2.24, 2.45) is 0 Å². The quantitative estimate of drug-likeness (QED) is 0.821. The summed E-state index contributed by atoms with van der Waals surface area (Å²) in [7, 11) is 3.25. The third-order valence-electron chi connectivity index (χ3n) is 3.22. The molecule has 0 aromatic heterocycles. The molecule has 1 unspecified atom stereocenters. The summed E-state index contributed by atoms with van der Waals surface area (Å²) in [5.74, 6) is 1.47. The average Bonchev–Trinajstić information content (AvgIpc) is 2.50. The van der Waals surface area contributed by atoms with Gasteiger partial charge in [0, 0.05) is 12.1 Å². The van der Waals surface area contributed by atoms with Gasteiger partial charge in [-0.15, -0.1) is 0 Å². The van der Waals surface area contributed by atoms with Crippen molar-refractivity contribution in [1.29, 1.82) is 0 Å². The molecule has 0 radical (unpaired) electrons. The monoisotopic (exact) mass is 325 g/mol. The summed E-state index contributed by atoms with van der Waals surface area (Å²) in [5, 5.41) is 4.49. The minimum atomic E-state index is 0.0575. The number of rotatable bonds is 5. The molecule has 2 aromatic rings. The Labute approximate surface area is 134 Å². The highest BCUT2D eigenvalue weighted by atomic mass is 35.5. The Hall–Kier alpha value is -1.58. The molecule has 0 bridgehead atoms. The predicted octanol–water partition coefficient (Wildman–Crippen LogP) is 5.18. The Bertz CT molecular complexity index is 632. The van der Waals surface area contributed by atoms with Gasteiger partial charge in [0.2, 0.25) is 0 Å². The van der Waals surface area contributed by atoms with Crippen LogP contribution in [0.5, 0.6) is 11.5 Å². The van der Waals surface area contributed by atoms with Gasteiger partial charge in [0.1, 0.15) is 11.5 Å². The average molecular weight is 326 g/mol. The molecule has 0 aliphatic carbocycles. The maximum atomic E-state index is 6.06. The minimum absolute atomic E-state index is 0.0575. The van der Waals surface area contributed by atoms with Gasteiger partial charge in [0.25, 0.3) is 0 Å². The maximum absolute atomic E-state index is 6.06. The molecule has 5 heteroatoms. The second-order valence-electron chi connectivity index (χ2n) is 4.61. The molecule has 2 aromatic carbocycles. The van der Waals surface area contributed by atoms with Crippen LogP contribution < -0.4 is 14.8 Å². The standard InChI is InChI=1S/C16H17Cl2NO2/c1-10(11-4-6-13(17)14(18)8-11)19-15-7-5-12(20-2)9-16(15)21-3/h4-10,19H,1-3H3. The molecule has 0 spiro atoms. The van der Waals surface area contributed by atoms with E-state index in [4.69, 9.17) is 32.7 Å². The van der Waals surface area contributed by atoms with Crippen LogP contribution >= 0.6 is 23.2 Å². The second-order valence-corrected chi connectivity index (χ2v) is 5.42. The number of hydrogen-bond acceptors (Lipinski definition) is 3. The van der Waals surface area contributed by atoms with Crippen LogP contribution in [0.1, 0.15) is 18.5 Å². The Balaban J connectivity index is 2.22. The summed E-state index contributed by atoms with van der Waals surface area (Å²) in [5.41, 5.74) is 1.93. The number of ether oxygens (including phenoxy) is 2. The number of methoxy groups -OCH3 is 2. The van der Waals surface area contributed by atoms with Crippen molar-refractivity contribution in [2.45, 2.75) is 13.0 Å². The highest BCUT2D eigenvalue weighted by Gasteiger charge is 2.11. The molecule has 2 rings (SSSR count). The van der Waals surface area contributed by atoms with E-state index in [-0.39, 0.29) is 6.04 Å². The lowest BCUT2D eigenvalue weighted by Crippen LogP contribution is -2.07. The van der Waals surface area contributed by atoms with E-state index in [1.54, 1.807) is 20.3 Å². The Morgan fingerprint density at radius 3 is 2.33 bits per heavy atom. The first-order valence-electron chi connectivity index (χ1n) is 6.48. The van der Waals surface area contributed by atoms with Gasteiger partial charge in [-0.3, -0.25) is 0 Å².